The van der Waals surface area contributed by atoms with Crippen molar-refractivity contribution in [3.05, 3.63) is 30.0 Å². The van der Waals surface area contributed by atoms with Crippen LogP contribution < -0.4 is 20.5 Å². The molecule has 1 amide bonds. The summed E-state index contributed by atoms with van der Waals surface area (Å²) in [5.41, 5.74) is 6.54. The van der Waals surface area contributed by atoms with E-state index in [1.807, 2.05) is 0 Å². The molecule has 106 valence electrons. The maximum Gasteiger partial charge on any atom is 0.257 e. The quantitative estimate of drug-likeness (QED) is 0.877. The molecule has 0 saturated carbocycles. The minimum Gasteiger partial charge on any atom is -0.497 e. The van der Waals surface area contributed by atoms with Gasteiger partial charge in [0.2, 0.25) is 0 Å². The van der Waals surface area contributed by atoms with Gasteiger partial charge in [0.25, 0.3) is 5.91 Å². The van der Waals surface area contributed by atoms with Crippen LogP contribution in [0.3, 0.4) is 0 Å². The number of nitrogens with two attached hydrogens (primary N) is 1. The third-order valence-corrected chi connectivity index (χ3v) is 2.81. The lowest BCUT2D eigenvalue weighted by atomic mass is 10.2. The van der Waals surface area contributed by atoms with Gasteiger partial charge < -0.3 is 20.5 Å². The number of ether oxygens (including phenoxy) is 2. The number of carbonyl (C=O) groups is 1. The molecule has 0 bridgehead atoms. The Morgan fingerprint density at radius 3 is 2.30 bits per heavy atom. The highest BCUT2D eigenvalue weighted by molar-refractivity contribution is 6.05. The lowest BCUT2D eigenvalue weighted by Crippen LogP contribution is -2.15. The van der Waals surface area contributed by atoms with Gasteiger partial charge in [-0.3, -0.25) is 9.48 Å². The zero-order valence-corrected chi connectivity index (χ0v) is 11.5. The summed E-state index contributed by atoms with van der Waals surface area (Å²) in [6.45, 7) is 0. The van der Waals surface area contributed by atoms with Crippen molar-refractivity contribution in [2.45, 2.75) is 0 Å². The number of carbonyl (C=O) groups excluding carboxylic acids is 1. The Morgan fingerprint density at radius 1 is 1.25 bits per heavy atom. The summed E-state index contributed by atoms with van der Waals surface area (Å²) in [4.78, 5) is 12.2. The maximum atomic E-state index is 12.2. The van der Waals surface area contributed by atoms with Crippen LogP contribution in [0.5, 0.6) is 11.5 Å². The molecule has 3 N–H and O–H groups in total. The summed E-state index contributed by atoms with van der Waals surface area (Å²) in [7, 11) is 4.74. The number of benzene rings is 1. The van der Waals surface area contributed by atoms with Gasteiger partial charge in [-0.2, -0.15) is 5.10 Å². The highest BCUT2D eigenvalue weighted by atomic mass is 16.5. The summed E-state index contributed by atoms with van der Waals surface area (Å²) in [6.07, 6.45) is 1.47. The fourth-order valence-electron chi connectivity index (χ4n) is 1.73. The normalized spacial score (nSPS) is 10.2. The lowest BCUT2D eigenvalue weighted by Gasteiger charge is -2.10. The molecule has 7 nitrogen and oxygen atoms in total. The molecule has 0 unspecified atom stereocenters. The first kappa shape index (κ1) is 13.7. The Kier molecular flexibility index (Phi) is 3.79. The number of nitrogens with one attached hydrogen (secondary N) is 1. The van der Waals surface area contributed by atoms with Gasteiger partial charge in [0.05, 0.1) is 26.1 Å². The number of methoxy groups -OCH3 is 2. The van der Waals surface area contributed by atoms with E-state index in [-0.39, 0.29) is 5.91 Å². The Balaban J connectivity index is 2.29. The topological polar surface area (TPSA) is 91.4 Å². The fraction of sp³-hybridized carbons (Fsp3) is 0.231. The number of aryl methyl sites for hydroxylation is 1. The van der Waals surface area contributed by atoms with Crippen molar-refractivity contribution in [3.63, 3.8) is 0 Å². The van der Waals surface area contributed by atoms with Crippen molar-refractivity contribution in [1.82, 2.24) is 9.78 Å². The van der Waals surface area contributed by atoms with Crippen molar-refractivity contribution >= 4 is 17.4 Å². The van der Waals surface area contributed by atoms with Crippen LogP contribution in [0.4, 0.5) is 11.5 Å². The molecule has 1 heterocycles. The van der Waals surface area contributed by atoms with Gasteiger partial charge >= 0.3 is 0 Å². The highest BCUT2D eigenvalue weighted by Crippen LogP contribution is 2.24. The van der Waals surface area contributed by atoms with E-state index in [2.05, 4.69) is 10.4 Å². The predicted molar refractivity (Wildman–Crippen MR) is 75.1 cm³/mol. The molecule has 2 rings (SSSR count). The molecule has 0 spiro atoms. The van der Waals surface area contributed by atoms with Gasteiger partial charge in [0.1, 0.15) is 11.5 Å². The average molecular weight is 276 g/mol. The zero-order chi connectivity index (χ0) is 14.7. The first-order valence-corrected chi connectivity index (χ1v) is 5.87. The standard InChI is InChI=1S/C13H16N4O3/c1-17-12(11(14)7-15-17)16-13(18)8-4-9(19-2)6-10(5-8)20-3/h4-7H,14H2,1-3H3,(H,16,18). The zero-order valence-electron chi connectivity index (χ0n) is 11.5. The van der Waals surface area contributed by atoms with Crippen LogP contribution in [0.1, 0.15) is 10.4 Å². The van der Waals surface area contributed by atoms with Crippen molar-refractivity contribution in [2.75, 3.05) is 25.3 Å². The van der Waals surface area contributed by atoms with Gasteiger partial charge in [-0.25, -0.2) is 0 Å². The second-order valence-electron chi connectivity index (χ2n) is 4.13. The summed E-state index contributed by atoms with van der Waals surface area (Å²) < 4.78 is 11.7. The second kappa shape index (κ2) is 5.52. The van der Waals surface area contributed by atoms with Crippen LogP contribution in [0.2, 0.25) is 0 Å². The SMILES string of the molecule is COc1cc(OC)cc(C(=O)Nc2c(N)cnn2C)c1. The Morgan fingerprint density at radius 2 is 1.85 bits per heavy atom. The van der Waals surface area contributed by atoms with Crippen LogP contribution in [0, 0.1) is 0 Å². The number of amides is 1. The maximum absolute atomic E-state index is 12.2. The molecule has 0 atom stereocenters. The number of rotatable bonds is 4. The minimum absolute atomic E-state index is 0.322. The van der Waals surface area contributed by atoms with Gasteiger partial charge in [0, 0.05) is 18.7 Å². The molecule has 0 aliphatic rings. The van der Waals surface area contributed by atoms with E-state index in [1.54, 1.807) is 25.2 Å². The number of nitrogen functional groups attached to an aromatic ring is 1. The van der Waals surface area contributed by atoms with Gasteiger partial charge in [-0.15, -0.1) is 0 Å². The highest BCUT2D eigenvalue weighted by Gasteiger charge is 2.13. The largest absolute Gasteiger partial charge is 0.497 e. The van der Waals surface area contributed by atoms with E-state index in [0.29, 0.717) is 28.6 Å². The Labute approximate surface area is 116 Å². The molecular formula is C13H16N4O3. The summed E-state index contributed by atoms with van der Waals surface area (Å²) >= 11 is 0. The van der Waals surface area contributed by atoms with E-state index >= 15 is 0 Å². The van der Waals surface area contributed by atoms with E-state index in [9.17, 15) is 4.79 Å². The molecule has 0 aliphatic heterocycles. The number of anilines is 2. The summed E-state index contributed by atoms with van der Waals surface area (Å²) in [5.74, 6) is 1.19. The number of aromatic nitrogens is 2. The van der Waals surface area contributed by atoms with Gasteiger partial charge in [-0.05, 0) is 12.1 Å². The average Bonchev–Trinajstić information content (AvgIpc) is 2.78. The fourth-order valence-corrected chi connectivity index (χ4v) is 1.73. The van der Waals surface area contributed by atoms with E-state index in [4.69, 9.17) is 15.2 Å². The molecule has 7 heteroatoms. The monoisotopic (exact) mass is 276 g/mol. The molecule has 2 aromatic rings. The molecule has 20 heavy (non-hydrogen) atoms. The van der Waals surface area contributed by atoms with Crippen LogP contribution in [-0.2, 0) is 7.05 Å². The molecule has 1 aromatic carbocycles. The smallest absolute Gasteiger partial charge is 0.257 e. The molecular weight excluding hydrogens is 260 g/mol. The molecule has 0 fully saturated rings. The van der Waals surface area contributed by atoms with Crippen LogP contribution in [-0.4, -0.2) is 29.9 Å². The third kappa shape index (κ3) is 2.66. The van der Waals surface area contributed by atoms with E-state index in [0.717, 1.165) is 0 Å². The lowest BCUT2D eigenvalue weighted by molar-refractivity contribution is 0.102. The first-order valence-electron chi connectivity index (χ1n) is 5.87. The second-order valence-corrected chi connectivity index (χ2v) is 4.13. The van der Waals surface area contributed by atoms with E-state index in [1.165, 1.54) is 25.1 Å². The van der Waals surface area contributed by atoms with Crippen LogP contribution >= 0.6 is 0 Å². The van der Waals surface area contributed by atoms with Gasteiger partial charge in [-0.1, -0.05) is 0 Å². The van der Waals surface area contributed by atoms with Crippen LogP contribution in [0.25, 0.3) is 0 Å². The molecule has 1 aromatic heterocycles. The molecule has 0 aliphatic carbocycles. The minimum atomic E-state index is -0.322. The Bertz CT molecular complexity index is 595. The number of hydrogen-bond donors (Lipinski definition) is 2. The molecule has 0 radical (unpaired) electrons. The molecule has 0 saturated heterocycles. The van der Waals surface area contributed by atoms with Gasteiger partial charge in [0.15, 0.2) is 5.82 Å². The van der Waals surface area contributed by atoms with Crippen molar-refractivity contribution in [3.8, 4) is 11.5 Å². The number of hydrogen-bond acceptors (Lipinski definition) is 5. The van der Waals surface area contributed by atoms with Crippen molar-refractivity contribution < 1.29 is 14.3 Å². The van der Waals surface area contributed by atoms with Crippen molar-refractivity contribution in [1.29, 1.82) is 0 Å². The predicted octanol–water partition coefficient (Wildman–Crippen LogP) is 1.27. The Hall–Kier alpha value is -2.70. The van der Waals surface area contributed by atoms with Crippen LogP contribution in [0.15, 0.2) is 24.4 Å². The summed E-state index contributed by atoms with van der Waals surface area (Å²) in [6, 6.07) is 4.92. The number of nitrogens with zero attached hydrogens (tertiary/aromatic N) is 2. The third-order valence-electron chi connectivity index (χ3n) is 2.81. The summed E-state index contributed by atoms with van der Waals surface area (Å²) in [5, 5.41) is 6.66. The van der Waals surface area contributed by atoms with E-state index < -0.39 is 0 Å². The first-order chi connectivity index (χ1) is 9.55. The van der Waals surface area contributed by atoms with Crippen molar-refractivity contribution in [2.24, 2.45) is 7.05 Å².